The monoisotopic (exact) mass is 395 g/mol. The van der Waals surface area contributed by atoms with Gasteiger partial charge in [0.1, 0.15) is 5.82 Å². The van der Waals surface area contributed by atoms with E-state index in [1.165, 1.54) is 6.20 Å². The molecular formula is C19H17F4N3O2. The van der Waals surface area contributed by atoms with Gasteiger partial charge in [-0.1, -0.05) is 6.07 Å². The first kappa shape index (κ1) is 19.8. The van der Waals surface area contributed by atoms with E-state index in [9.17, 15) is 27.2 Å². The molecule has 28 heavy (non-hydrogen) atoms. The summed E-state index contributed by atoms with van der Waals surface area (Å²) in [4.78, 5) is 30.2. The van der Waals surface area contributed by atoms with Gasteiger partial charge in [0.05, 0.1) is 11.5 Å². The van der Waals surface area contributed by atoms with Gasteiger partial charge in [-0.05, 0) is 37.5 Å². The minimum absolute atomic E-state index is 0.0589. The number of aromatic nitrogens is 1. The molecule has 1 fully saturated rings. The number of aryl methyl sites for hydroxylation is 1. The summed E-state index contributed by atoms with van der Waals surface area (Å²) in [6.07, 6.45) is 2.45. The topological polar surface area (TPSA) is 62.3 Å². The number of likely N-dealkylation sites (tertiary alicyclic amines) is 1. The number of hydrogen-bond donors (Lipinski definition) is 1. The molecule has 1 saturated heterocycles. The first-order valence-electron chi connectivity index (χ1n) is 8.64. The molecule has 1 aromatic heterocycles. The van der Waals surface area contributed by atoms with Crippen LogP contribution >= 0.6 is 0 Å². The summed E-state index contributed by atoms with van der Waals surface area (Å²) in [5.41, 5.74) is -0.142. The van der Waals surface area contributed by atoms with Crippen molar-refractivity contribution in [3.8, 4) is 0 Å². The highest BCUT2D eigenvalue weighted by Gasteiger charge is 2.32. The van der Waals surface area contributed by atoms with Crippen molar-refractivity contribution < 1.29 is 27.2 Å². The molecule has 1 aliphatic heterocycles. The van der Waals surface area contributed by atoms with Crippen LogP contribution in [-0.4, -0.2) is 34.8 Å². The summed E-state index contributed by atoms with van der Waals surface area (Å²) in [6, 6.07) is 3.83. The van der Waals surface area contributed by atoms with Gasteiger partial charge in [-0.15, -0.1) is 0 Å². The van der Waals surface area contributed by atoms with Gasteiger partial charge in [-0.25, -0.2) is 22.5 Å². The van der Waals surface area contributed by atoms with Gasteiger partial charge in [0.25, 0.3) is 5.91 Å². The highest BCUT2D eigenvalue weighted by atomic mass is 19.2. The first-order valence-corrected chi connectivity index (χ1v) is 8.64. The van der Waals surface area contributed by atoms with E-state index in [4.69, 9.17) is 0 Å². The Balaban J connectivity index is 1.75. The summed E-state index contributed by atoms with van der Waals surface area (Å²) in [6.45, 7) is 1.90. The predicted octanol–water partition coefficient (Wildman–Crippen LogP) is 3.44. The molecule has 1 N–H and O–H groups in total. The number of hydrogen-bond acceptors (Lipinski definition) is 3. The zero-order chi connectivity index (χ0) is 20.4. The number of halogens is 4. The molecule has 0 saturated carbocycles. The number of nitrogens with zero attached hydrogens (tertiary/aromatic N) is 2. The molecule has 148 valence electrons. The number of piperidine rings is 1. The molecule has 2 aromatic rings. The number of benzene rings is 1. The number of carbonyl (C=O) groups is 2. The number of nitrogens with one attached hydrogen (secondary N) is 1. The fraction of sp³-hybridized carbons (Fsp3) is 0.316. The van der Waals surface area contributed by atoms with E-state index >= 15 is 0 Å². The quantitative estimate of drug-likeness (QED) is 0.492. The second-order valence-corrected chi connectivity index (χ2v) is 6.60. The lowest BCUT2D eigenvalue weighted by molar-refractivity contribution is -0.121. The molecule has 3 rings (SSSR count). The highest BCUT2D eigenvalue weighted by Crippen LogP contribution is 2.24. The van der Waals surface area contributed by atoms with E-state index < -0.39 is 40.7 Å². The normalized spacial score (nSPS) is 16.8. The number of carbonyl (C=O) groups excluding carboxylic acids is 2. The van der Waals surface area contributed by atoms with E-state index in [1.807, 2.05) is 0 Å². The van der Waals surface area contributed by atoms with Crippen LogP contribution < -0.4 is 5.32 Å². The number of amides is 2. The van der Waals surface area contributed by atoms with Gasteiger partial charge >= 0.3 is 0 Å². The standard InChI is InChI=1S/C19H17F4N3O2/c1-10-4-2-6-24-17(10)25-18(27)11-5-3-7-26(9-11)19(28)12-8-13(20)15(22)16(23)14(12)21/h2,4,6,8,11H,3,5,7,9H2,1H3,(H,24,25,27). The number of rotatable bonds is 3. The molecule has 1 aliphatic rings. The lowest BCUT2D eigenvalue weighted by Gasteiger charge is -2.32. The minimum atomic E-state index is -2.04. The van der Waals surface area contributed by atoms with E-state index in [1.54, 1.807) is 19.1 Å². The molecule has 0 spiro atoms. The Hall–Kier alpha value is -2.97. The SMILES string of the molecule is Cc1cccnc1NC(=O)C1CCCN(C(=O)c2cc(F)c(F)c(F)c2F)C1. The third kappa shape index (κ3) is 3.83. The van der Waals surface area contributed by atoms with Crippen LogP contribution in [0, 0.1) is 36.1 Å². The molecule has 2 amide bonds. The fourth-order valence-corrected chi connectivity index (χ4v) is 3.11. The minimum Gasteiger partial charge on any atom is -0.338 e. The lowest BCUT2D eigenvalue weighted by atomic mass is 9.96. The maximum Gasteiger partial charge on any atom is 0.257 e. The maximum atomic E-state index is 13.9. The van der Waals surface area contributed by atoms with Gasteiger partial charge in [-0.2, -0.15) is 0 Å². The molecule has 5 nitrogen and oxygen atoms in total. The fourth-order valence-electron chi connectivity index (χ4n) is 3.11. The Morgan fingerprint density at radius 1 is 1.18 bits per heavy atom. The molecule has 9 heteroatoms. The lowest BCUT2D eigenvalue weighted by Crippen LogP contribution is -2.44. The molecule has 1 unspecified atom stereocenters. The average molecular weight is 395 g/mol. The molecule has 2 heterocycles. The van der Waals surface area contributed by atoms with Crippen LogP contribution in [0.4, 0.5) is 23.4 Å². The van der Waals surface area contributed by atoms with Crippen molar-refractivity contribution in [1.82, 2.24) is 9.88 Å². The zero-order valence-electron chi connectivity index (χ0n) is 14.9. The maximum absolute atomic E-state index is 13.9. The molecule has 0 radical (unpaired) electrons. The predicted molar refractivity (Wildman–Crippen MR) is 92.5 cm³/mol. The van der Waals surface area contributed by atoms with Gasteiger partial charge in [-0.3, -0.25) is 9.59 Å². The summed E-state index contributed by atoms with van der Waals surface area (Å²) in [5.74, 6) is -8.99. The largest absolute Gasteiger partial charge is 0.338 e. The van der Waals surface area contributed by atoms with Crippen molar-refractivity contribution in [1.29, 1.82) is 0 Å². The van der Waals surface area contributed by atoms with Gasteiger partial charge in [0.15, 0.2) is 23.3 Å². The molecule has 1 aromatic carbocycles. The van der Waals surface area contributed by atoms with Crippen molar-refractivity contribution in [2.45, 2.75) is 19.8 Å². The summed E-state index contributed by atoms with van der Waals surface area (Å²) >= 11 is 0. The average Bonchev–Trinajstić information content (AvgIpc) is 2.70. The van der Waals surface area contributed by atoms with E-state index in [0.29, 0.717) is 24.7 Å². The van der Waals surface area contributed by atoms with Crippen molar-refractivity contribution in [3.05, 3.63) is 58.8 Å². The van der Waals surface area contributed by atoms with E-state index in [2.05, 4.69) is 10.3 Å². The van der Waals surface area contributed by atoms with Crippen molar-refractivity contribution >= 4 is 17.6 Å². The Morgan fingerprint density at radius 3 is 2.64 bits per heavy atom. The van der Waals surface area contributed by atoms with Gasteiger partial charge < -0.3 is 10.2 Å². The van der Waals surface area contributed by atoms with Crippen LogP contribution in [0.3, 0.4) is 0 Å². The van der Waals surface area contributed by atoms with Crippen LogP contribution in [-0.2, 0) is 4.79 Å². The van der Waals surface area contributed by atoms with E-state index in [0.717, 1.165) is 10.5 Å². The summed E-state index contributed by atoms with van der Waals surface area (Å²) < 4.78 is 53.9. The smallest absolute Gasteiger partial charge is 0.257 e. The van der Waals surface area contributed by atoms with E-state index in [-0.39, 0.29) is 19.0 Å². The van der Waals surface area contributed by atoms with Gasteiger partial charge in [0.2, 0.25) is 5.91 Å². The molecule has 0 aliphatic carbocycles. The zero-order valence-corrected chi connectivity index (χ0v) is 14.9. The summed E-state index contributed by atoms with van der Waals surface area (Å²) in [5, 5.41) is 2.68. The van der Waals surface area contributed by atoms with Crippen molar-refractivity contribution in [2.24, 2.45) is 5.92 Å². The number of pyridine rings is 1. The van der Waals surface area contributed by atoms with Gasteiger partial charge in [0, 0.05) is 19.3 Å². The Kier molecular flexibility index (Phi) is 5.62. The van der Waals surface area contributed by atoms with Crippen LogP contribution in [0.2, 0.25) is 0 Å². The van der Waals surface area contributed by atoms with Crippen LogP contribution in [0.5, 0.6) is 0 Å². The second kappa shape index (κ2) is 7.95. The summed E-state index contributed by atoms with van der Waals surface area (Å²) in [7, 11) is 0. The van der Waals surface area contributed by atoms with Crippen molar-refractivity contribution in [2.75, 3.05) is 18.4 Å². The Labute approximate surface area is 158 Å². The van der Waals surface area contributed by atoms with Crippen LogP contribution in [0.1, 0.15) is 28.8 Å². The highest BCUT2D eigenvalue weighted by molar-refractivity contribution is 5.96. The number of anilines is 1. The third-order valence-corrected chi connectivity index (χ3v) is 4.66. The Bertz CT molecular complexity index is 936. The second-order valence-electron chi connectivity index (χ2n) is 6.60. The van der Waals surface area contributed by atoms with Crippen molar-refractivity contribution in [3.63, 3.8) is 0 Å². The first-order chi connectivity index (χ1) is 13.3. The molecular weight excluding hydrogens is 378 g/mol. The molecule has 0 bridgehead atoms. The Morgan fingerprint density at radius 2 is 1.93 bits per heavy atom. The van der Waals surface area contributed by atoms with Crippen LogP contribution in [0.25, 0.3) is 0 Å². The third-order valence-electron chi connectivity index (χ3n) is 4.66. The molecule has 1 atom stereocenters. The van der Waals surface area contributed by atoms with Crippen LogP contribution in [0.15, 0.2) is 24.4 Å².